The topological polar surface area (TPSA) is 77.2 Å². The second kappa shape index (κ2) is 5.97. The van der Waals surface area contributed by atoms with Gasteiger partial charge in [-0.15, -0.1) is 0 Å². The van der Waals surface area contributed by atoms with Crippen LogP contribution in [0.5, 0.6) is 11.6 Å². The Morgan fingerprint density at radius 2 is 2.11 bits per heavy atom. The number of amides is 1. The Morgan fingerprint density at radius 3 is 2.74 bits per heavy atom. The molecule has 1 amide bonds. The predicted molar refractivity (Wildman–Crippen MR) is 72.0 cm³/mol. The highest BCUT2D eigenvalue weighted by Gasteiger charge is 2.09. The molecule has 0 fully saturated rings. The molecule has 0 radical (unpaired) electrons. The third-order valence-electron chi connectivity index (χ3n) is 2.55. The summed E-state index contributed by atoms with van der Waals surface area (Å²) in [4.78, 5) is 15.4. The van der Waals surface area contributed by atoms with E-state index in [-0.39, 0.29) is 0 Å². The van der Waals surface area contributed by atoms with Gasteiger partial charge in [0.2, 0.25) is 5.88 Å². The maximum Gasteiger partial charge on any atom is 0.252 e. The second-order valence-corrected chi connectivity index (χ2v) is 4.00. The number of pyridine rings is 1. The van der Waals surface area contributed by atoms with Crippen LogP contribution in [-0.4, -0.2) is 17.9 Å². The largest absolute Gasteiger partial charge is 0.438 e. The molecule has 5 nitrogen and oxygen atoms in total. The average Bonchev–Trinajstić information content (AvgIpc) is 2.42. The van der Waals surface area contributed by atoms with Crippen LogP contribution in [0, 0.1) is 0 Å². The summed E-state index contributed by atoms with van der Waals surface area (Å²) in [6, 6.07) is 10.5. The normalized spacial score (nSPS) is 10.2. The van der Waals surface area contributed by atoms with Gasteiger partial charge in [-0.3, -0.25) is 4.79 Å². The summed E-state index contributed by atoms with van der Waals surface area (Å²) >= 11 is 0. The number of hydrogen-bond acceptors (Lipinski definition) is 4. The van der Waals surface area contributed by atoms with E-state index in [9.17, 15) is 4.79 Å². The Bertz CT molecular complexity index is 567. The lowest BCUT2D eigenvalue weighted by atomic mass is 10.2. The predicted octanol–water partition coefficient (Wildman–Crippen LogP) is 1.69. The molecule has 0 bridgehead atoms. The van der Waals surface area contributed by atoms with Gasteiger partial charge in [0.1, 0.15) is 5.75 Å². The van der Waals surface area contributed by atoms with Gasteiger partial charge in [-0.25, -0.2) is 4.98 Å². The van der Waals surface area contributed by atoms with Crippen molar-refractivity contribution in [3.8, 4) is 11.6 Å². The van der Waals surface area contributed by atoms with E-state index in [1.54, 1.807) is 36.5 Å². The molecule has 2 aromatic rings. The van der Waals surface area contributed by atoms with E-state index in [0.717, 1.165) is 12.1 Å². The molecule has 2 rings (SSSR count). The number of nitrogens with two attached hydrogens (primary N) is 1. The van der Waals surface area contributed by atoms with Gasteiger partial charge in [0.05, 0.1) is 5.56 Å². The molecule has 0 saturated carbocycles. The van der Waals surface area contributed by atoms with Crippen LogP contribution >= 0.6 is 0 Å². The molecule has 5 heteroatoms. The molecule has 0 atom stereocenters. The minimum Gasteiger partial charge on any atom is -0.438 e. The highest BCUT2D eigenvalue weighted by molar-refractivity contribution is 5.95. The summed E-state index contributed by atoms with van der Waals surface area (Å²) in [5.41, 5.74) is 6.67. The smallest absolute Gasteiger partial charge is 0.252 e. The first-order chi connectivity index (χ1) is 9.20. The molecule has 0 saturated heterocycles. The first-order valence-electron chi connectivity index (χ1n) is 5.87. The van der Waals surface area contributed by atoms with Crippen molar-refractivity contribution >= 4 is 5.91 Å². The standard InChI is InChI=1S/C14H15N3O2/c1-16-8-10-6-7-13(17-9-10)19-12-5-3-2-4-11(12)14(15)18/h2-7,9,16H,8H2,1H3,(H2,15,18). The number of nitrogens with one attached hydrogen (secondary N) is 1. The Morgan fingerprint density at radius 1 is 1.32 bits per heavy atom. The lowest BCUT2D eigenvalue weighted by molar-refractivity contribution is 0.0998. The minimum absolute atomic E-state index is 0.337. The molecule has 98 valence electrons. The highest BCUT2D eigenvalue weighted by Crippen LogP contribution is 2.23. The fraction of sp³-hybridized carbons (Fsp3) is 0.143. The zero-order valence-electron chi connectivity index (χ0n) is 10.6. The molecule has 3 N–H and O–H groups in total. The highest BCUT2D eigenvalue weighted by atomic mass is 16.5. The van der Waals surface area contributed by atoms with Gasteiger partial charge in [0.25, 0.3) is 5.91 Å². The number of rotatable bonds is 5. The van der Waals surface area contributed by atoms with Crippen LogP contribution in [0.2, 0.25) is 0 Å². The van der Waals surface area contributed by atoms with Crippen molar-refractivity contribution in [3.63, 3.8) is 0 Å². The Kier molecular flexibility index (Phi) is 4.10. The van der Waals surface area contributed by atoms with E-state index in [1.165, 1.54) is 0 Å². The molecule has 1 aromatic carbocycles. The number of nitrogens with zero attached hydrogens (tertiary/aromatic N) is 1. The number of ether oxygens (including phenoxy) is 1. The third kappa shape index (κ3) is 3.29. The molecular formula is C14H15N3O2. The average molecular weight is 257 g/mol. The van der Waals surface area contributed by atoms with Gasteiger partial charge < -0.3 is 15.8 Å². The van der Waals surface area contributed by atoms with E-state index in [2.05, 4.69) is 10.3 Å². The molecule has 19 heavy (non-hydrogen) atoms. The second-order valence-electron chi connectivity index (χ2n) is 4.00. The van der Waals surface area contributed by atoms with Crippen molar-refractivity contribution in [1.29, 1.82) is 0 Å². The van der Waals surface area contributed by atoms with Crippen LogP contribution in [0.15, 0.2) is 42.6 Å². The lowest BCUT2D eigenvalue weighted by Crippen LogP contribution is -2.12. The molecule has 0 unspecified atom stereocenters. The van der Waals surface area contributed by atoms with E-state index >= 15 is 0 Å². The van der Waals surface area contributed by atoms with Gasteiger partial charge in [0, 0.05) is 18.8 Å². The maximum absolute atomic E-state index is 11.3. The van der Waals surface area contributed by atoms with Crippen molar-refractivity contribution < 1.29 is 9.53 Å². The summed E-state index contributed by atoms with van der Waals surface area (Å²) in [5, 5.41) is 3.04. The third-order valence-corrected chi connectivity index (χ3v) is 2.55. The van der Waals surface area contributed by atoms with Crippen LogP contribution in [0.25, 0.3) is 0 Å². The number of aromatic nitrogens is 1. The van der Waals surface area contributed by atoms with E-state index in [0.29, 0.717) is 17.2 Å². The van der Waals surface area contributed by atoms with E-state index in [1.807, 2.05) is 13.1 Å². The fourth-order valence-corrected chi connectivity index (χ4v) is 1.65. The van der Waals surface area contributed by atoms with Crippen LogP contribution in [0.1, 0.15) is 15.9 Å². The molecule has 1 heterocycles. The fourth-order valence-electron chi connectivity index (χ4n) is 1.65. The first kappa shape index (κ1) is 13.0. The van der Waals surface area contributed by atoms with Crippen LogP contribution < -0.4 is 15.8 Å². The van der Waals surface area contributed by atoms with Gasteiger partial charge in [-0.05, 0) is 24.7 Å². The van der Waals surface area contributed by atoms with E-state index in [4.69, 9.17) is 10.5 Å². The first-order valence-corrected chi connectivity index (χ1v) is 5.87. The van der Waals surface area contributed by atoms with Crippen molar-refractivity contribution in [3.05, 3.63) is 53.7 Å². The Labute approximate surface area is 111 Å². The molecule has 1 aromatic heterocycles. The van der Waals surface area contributed by atoms with Crippen LogP contribution in [0.4, 0.5) is 0 Å². The molecule has 0 aliphatic heterocycles. The zero-order chi connectivity index (χ0) is 13.7. The van der Waals surface area contributed by atoms with Gasteiger partial charge in [-0.1, -0.05) is 18.2 Å². The number of para-hydroxylation sites is 1. The summed E-state index contributed by atoms with van der Waals surface area (Å²) < 4.78 is 5.57. The zero-order valence-corrected chi connectivity index (χ0v) is 10.6. The molecule has 0 aliphatic carbocycles. The molecular weight excluding hydrogens is 242 g/mol. The van der Waals surface area contributed by atoms with Gasteiger partial charge in [-0.2, -0.15) is 0 Å². The number of benzene rings is 1. The maximum atomic E-state index is 11.3. The van der Waals surface area contributed by atoms with Crippen LogP contribution in [0.3, 0.4) is 0 Å². The summed E-state index contributed by atoms with van der Waals surface area (Å²) in [6.07, 6.45) is 1.72. The van der Waals surface area contributed by atoms with E-state index < -0.39 is 5.91 Å². The molecule has 0 aliphatic rings. The molecule has 0 spiro atoms. The van der Waals surface area contributed by atoms with Crippen LogP contribution in [-0.2, 0) is 6.54 Å². The van der Waals surface area contributed by atoms with Crippen molar-refractivity contribution in [2.45, 2.75) is 6.54 Å². The Balaban J connectivity index is 2.19. The number of hydrogen-bond donors (Lipinski definition) is 2. The summed E-state index contributed by atoms with van der Waals surface area (Å²) in [6.45, 7) is 0.741. The van der Waals surface area contributed by atoms with Crippen molar-refractivity contribution in [2.24, 2.45) is 5.73 Å². The lowest BCUT2D eigenvalue weighted by Gasteiger charge is -2.08. The number of carbonyl (C=O) groups excluding carboxylic acids is 1. The van der Waals surface area contributed by atoms with Crippen molar-refractivity contribution in [2.75, 3.05) is 7.05 Å². The monoisotopic (exact) mass is 257 g/mol. The quantitative estimate of drug-likeness (QED) is 0.854. The Hall–Kier alpha value is -2.40. The van der Waals surface area contributed by atoms with Gasteiger partial charge in [0.15, 0.2) is 0 Å². The SMILES string of the molecule is CNCc1ccc(Oc2ccccc2C(N)=O)nc1. The summed E-state index contributed by atoms with van der Waals surface area (Å²) in [5.74, 6) is 0.305. The number of carbonyl (C=O) groups is 1. The number of primary amides is 1. The van der Waals surface area contributed by atoms with Gasteiger partial charge >= 0.3 is 0 Å². The minimum atomic E-state index is -0.526. The van der Waals surface area contributed by atoms with Crippen molar-refractivity contribution in [1.82, 2.24) is 10.3 Å². The summed E-state index contributed by atoms with van der Waals surface area (Å²) in [7, 11) is 1.87.